The summed E-state index contributed by atoms with van der Waals surface area (Å²) in [4.78, 5) is 30.0. The molecule has 0 aliphatic rings. The van der Waals surface area contributed by atoms with Crippen LogP contribution in [0.4, 0.5) is 0 Å². The van der Waals surface area contributed by atoms with Crippen molar-refractivity contribution in [2.75, 3.05) is 32.7 Å². The Morgan fingerprint density at radius 2 is 1.84 bits per heavy atom. The molecule has 0 saturated heterocycles. The summed E-state index contributed by atoms with van der Waals surface area (Å²) in [6.07, 6.45) is 2.05. The number of fused-ring (bicyclic) bond motifs is 1. The van der Waals surface area contributed by atoms with Crippen molar-refractivity contribution < 1.29 is 19.0 Å². The molecule has 0 aliphatic heterocycles. The molecule has 3 aromatic rings. The van der Waals surface area contributed by atoms with Gasteiger partial charge >= 0.3 is 5.97 Å². The summed E-state index contributed by atoms with van der Waals surface area (Å²) in [6.45, 7) is 3.34. The number of hydrogen-bond donors (Lipinski definition) is 0. The minimum atomic E-state index is -0.382. The van der Waals surface area contributed by atoms with E-state index in [0.29, 0.717) is 40.7 Å². The monoisotopic (exact) mass is 442 g/mol. The Morgan fingerprint density at radius 1 is 1.06 bits per heavy atom. The quantitative estimate of drug-likeness (QED) is 0.193. The lowest BCUT2D eigenvalue weighted by atomic mass is 10.2. The van der Waals surface area contributed by atoms with Gasteiger partial charge in [0.15, 0.2) is 5.16 Å². The van der Waals surface area contributed by atoms with E-state index >= 15 is 0 Å². The standard InChI is InChI=1S/C23H26N2O5S/c1-3-4-13-29-14-15-30-21(26)16-31-23-24-20-8-6-5-7-19(20)22(27)25(23)17-9-11-18(28-2)12-10-17/h5-12H,3-4,13-16H2,1-2H3. The Bertz CT molecular complexity index is 1070. The second-order valence-corrected chi connectivity index (χ2v) is 7.67. The molecule has 0 aliphatic carbocycles. The second kappa shape index (κ2) is 11.5. The lowest BCUT2D eigenvalue weighted by Crippen LogP contribution is -2.22. The molecule has 0 fully saturated rings. The summed E-state index contributed by atoms with van der Waals surface area (Å²) in [5, 5.41) is 0.930. The predicted octanol–water partition coefficient (Wildman–Crippen LogP) is 3.85. The van der Waals surface area contributed by atoms with Crippen molar-refractivity contribution in [3.8, 4) is 11.4 Å². The highest BCUT2D eigenvalue weighted by molar-refractivity contribution is 7.99. The van der Waals surface area contributed by atoms with E-state index in [1.54, 1.807) is 49.6 Å². The zero-order valence-electron chi connectivity index (χ0n) is 17.7. The summed E-state index contributed by atoms with van der Waals surface area (Å²) >= 11 is 1.17. The number of para-hydroxylation sites is 1. The number of carbonyl (C=O) groups is 1. The zero-order valence-corrected chi connectivity index (χ0v) is 18.5. The van der Waals surface area contributed by atoms with Crippen LogP contribution in [0.5, 0.6) is 5.75 Å². The predicted molar refractivity (Wildman–Crippen MR) is 121 cm³/mol. The summed E-state index contributed by atoms with van der Waals surface area (Å²) in [6, 6.07) is 14.3. The number of unbranched alkanes of at least 4 members (excludes halogenated alkanes) is 1. The van der Waals surface area contributed by atoms with Crippen LogP contribution in [0, 0.1) is 0 Å². The number of thioether (sulfide) groups is 1. The maximum Gasteiger partial charge on any atom is 0.316 e. The second-order valence-electron chi connectivity index (χ2n) is 6.73. The Kier molecular flexibility index (Phi) is 8.49. The van der Waals surface area contributed by atoms with Gasteiger partial charge in [-0.2, -0.15) is 0 Å². The number of nitrogens with zero attached hydrogens (tertiary/aromatic N) is 2. The molecule has 3 rings (SSSR count). The maximum absolute atomic E-state index is 13.2. The average molecular weight is 443 g/mol. The SMILES string of the molecule is CCCCOCCOC(=O)CSc1nc2ccccc2c(=O)n1-c1ccc(OC)cc1. The van der Waals surface area contributed by atoms with Crippen molar-refractivity contribution in [2.24, 2.45) is 0 Å². The van der Waals surface area contributed by atoms with E-state index in [2.05, 4.69) is 11.9 Å². The van der Waals surface area contributed by atoms with E-state index in [1.807, 2.05) is 6.07 Å². The maximum atomic E-state index is 13.2. The topological polar surface area (TPSA) is 79.7 Å². The highest BCUT2D eigenvalue weighted by Gasteiger charge is 2.15. The van der Waals surface area contributed by atoms with Gasteiger partial charge in [-0.25, -0.2) is 4.98 Å². The van der Waals surface area contributed by atoms with Crippen LogP contribution >= 0.6 is 11.8 Å². The Hall–Kier alpha value is -2.84. The van der Waals surface area contributed by atoms with E-state index in [9.17, 15) is 9.59 Å². The van der Waals surface area contributed by atoms with Gasteiger partial charge in [0.2, 0.25) is 0 Å². The zero-order chi connectivity index (χ0) is 22.1. The third kappa shape index (κ3) is 6.08. The minimum absolute atomic E-state index is 0.0376. The molecule has 0 unspecified atom stereocenters. The minimum Gasteiger partial charge on any atom is -0.497 e. The van der Waals surface area contributed by atoms with E-state index in [4.69, 9.17) is 14.2 Å². The Labute approximate surface area is 185 Å². The van der Waals surface area contributed by atoms with Crippen molar-refractivity contribution >= 4 is 28.6 Å². The van der Waals surface area contributed by atoms with E-state index in [0.717, 1.165) is 12.8 Å². The van der Waals surface area contributed by atoms with Crippen LogP contribution in [0.1, 0.15) is 19.8 Å². The lowest BCUT2D eigenvalue weighted by molar-refractivity contribution is -0.141. The van der Waals surface area contributed by atoms with Crippen LogP contribution in [0.2, 0.25) is 0 Å². The Morgan fingerprint density at radius 3 is 2.58 bits per heavy atom. The van der Waals surface area contributed by atoms with Crippen molar-refractivity contribution in [3.05, 3.63) is 58.9 Å². The number of esters is 1. The smallest absolute Gasteiger partial charge is 0.316 e. The van der Waals surface area contributed by atoms with Crippen molar-refractivity contribution in [2.45, 2.75) is 24.9 Å². The first-order valence-electron chi connectivity index (χ1n) is 10.2. The lowest BCUT2D eigenvalue weighted by Gasteiger charge is -2.13. The van der Waals surface area contributed by atoms with Gasteiger partial charge < -0.3 is 14.2 Å². The largest absolute Gasteiger partial charge is 0.497 e. The number of carbonyl (C=O) groups excluding carboxylic acids is 1. The summed E-state index contributed by atoms with van der Waals surface area (Å²) in [7, 11) is 1.58. The fourth-order valence-electron chi connectivity index (χ4n) is 2.90. The number of methoxy groups -OCH3 is 1. The normalized spacial score (nSPS) is 10.9. The molecule has 0 saturated carbocycles. The van der Waals surface area contributed by atoms with Gasteiger partial charge in [-0.15, -0.1) is 0 Å². The summed E-state index contributed by atoms with van der Waals surface area (Å²) in [5.74, 6) is 0.341. The van der Waals surface area contributed by atoms with Gasteiger partial charge in [0.1, 0.15) is 12.4 Å². The molecular weight excluding hydrogens is 416 g/mol. The van der Waals surface area contributed by atoms with Gasteiger partial charge in [-0.3, -0.25) is 14.2 Å². The van der Waals surface area contributed by atoms with E-state index < -0.39 is 0 Å². The summed E-state index contributed by atoms with van der Waals surface area (Å²) in [5.41, 5.74) is 1.03. The molecule has 0 radical (unpaired) electrons. The van der Waals surface area contributed by atoms with Crippen LogP contribution in [-0.4, -0.2) is 48.2 Å². The highest BCUT2D eigenvalue weighted by Crippen LogP contribution is 2.23. The molecular formula is C23H26N2O5S. The number of rotatable bonds is 11. The van der Waals surface area contributed by atoms with Gasteiger partial charge in [-0.1, -0.05) is 37.2 Å². The molecule has 0 amide bonds. The van der Waals surface area contributed by atoms with Crippen LogP contribution in [0.15, 0.2) is 58.5 Å². The summed E-state index contributed by atoms with van der Waals surface area (Å²) < 4.78 is 17.3. The van der Waals surface area contributed by atoms with E-state index in [1.165, 1.54) is 16.3 Å². The molecule has 0 N–H and O–H groups in total. The fraction of sp³-hybridized carbons (Fsp3) is 0.348. The molecule has 0 bridgehead atoms. The van der Waals surface area contributed by atoms with Crippen LogP contribution in [0.25, 0.3) is 16.6 Å². The fourth-order valence-corrected chi connectivity index (χ4v) is 3.71. The molecule has 0 spiro atoms. The molecule has 1 aromatic heterocycles. The van der Waals surface area contributed by atoms with E-state index in [-0.39, 0.29) is 23.9 Å². The first-order valence-corrected chi connectivity index (χ1v) is 11.1. The van der Waals surface area contributed by atoms with Gasteiger partial charge in [-0.05, 0) is 42.8 Å². The third-order valence-corrected chi connectivity index (χ3v) is 5.44. The molecule has 2 aromatic carbocycles. The number of ether oxygens (including phenoxy) is 3. The number of benzene rings is 2. The van der Waals surface area contributed by atoms with Gasteiger partial charge in [0.25, 0.3) is 5.56 Å². The first-order chi connectivity index (χ1) is 15.1. The first kappa shape index (κ1) is 22.8. The number of hydrogen-bond acceptors (Lipinski definition) is 7. The molecule has 0 atom stereocenters. The average Bonchev–Trinajstić information content (AvgIpc) is 2.80. The van der Waals surface area contributed by atoms with Gasteiger partial charge in [0, 0.05) is 6.61 Å². The van der Waals surface area contributed by atoms with Crippen molar-refractivity contribution in [1.82, 2.24) is 9.55 Å². The van der Waals surface area contributed by atoms with Crippen molar-refractivity contribution in [1.29, 1.82) is 0 Å². The Balaban J connectivity index is 1.77. The van der Waals surface area contributed by atoms with Crippen LogP contribution < -0.4 is 10.3 Å². The highest BCUT2D eigenvalue weighted by atomic mass is 32.2. The van der Waals surface area contributed by atoms with Crippen LogP contribution in [0.3, 0.4) is 0 Å². The van der Waals surface area contributed by atoms with Crippen molar-refractivity contribution in [3.63, 3.8) is 0 Å². The van der Waals surface area contributed by atoms with Gasteiger partial charge in [0.05, 0.1) is 36.1 Å². The molecule has 31 heavy (non-hydrogen) atoms. The van der Waals surface area contributed by atoms with Crippen LogP contribution in [-0.2, 0) is 14.3 Å². The third-order valence-electron chi connectivity index (χ3n) is 4.53. The molecule has 7 nitrogen and oxygen atoms in total. The number of aromatic nitrogens is 2. The molecule has 8 heteroatoms. The molecule has 1 heterocycles. The molecule has 164 valence electrons.